The van der Waals surface area contributed by atoms with Gasteiger partial charge >= 0.3 is 6.09 Å². The molecule has 0 spiro atoms. The molecule has 1 heterocycles. The third-order valence-electron chi connectivity index (χ3n) is 2.43. The minimum atomic E-state index is -0.670. The smallest absolute Gasteiger partial charge is 0.414 e. The largest absolute Gasteiger partial charge is 0.444 e. The van der Waals surface area contributed by atoms with Gasteiger partial charge in [0, 0.05) is 11.6 Å². The van der Waals surface area contributed by atoms with Gasteiger partial charge in [-0.1, -0.05) is 30.3 Å². The summed E-state index contributed by atoms with van der Waals surface area (Å²) in [7, 11) is 0. The van der Waals surface area contributed by atoms with E-state index < -0.39 is 11.7 Å². The van der Waals surface area contributed by atoms with Crippen LogP contribution in [0.1, 0.15) is 20.8 Å². The van der Waals surface area contributed by atoms with E-state index in [1.807, 2.05) is 30.3 Å². The van der Waals surface area contributed by atoms with Crippen molar-refractivity contribution in [2.24, 2.45) is 0 Å². The number of carbonyl (C=O) groups excluding carboxylic acids is 1. The lowest BCUT2D eigenvalue weighted by Gasteiger charge is -2.19. The first-order chi connectivity index (χ1) is 9.83. The van der Waals surface area contributed by atoms with Gasteiger partial charge in [-0.25, -0.2) is 9.78 Å². The van der Waals surface area contributed by atoms with Gasteiger partial charge in [-0.05, 0) is 20.8 Å². The number of carbonyl (C=O) groups is 1. The number of hydrogen-bond donors (Lipinski definition) is 2. The zero-order chi connectivity index (χ0) is 15.5. The van der Waals surface area contributed by atoms with E-state index in [1.165, 1.54) is 6.07 Å². The van der Waals surface area contributed by atoms with Crippen LogP contribution in [0.4, 0.5) is 10.7 Å². The predicted molar refractivity (Wildman–Crippen MR) is 80.2 cm³/mol. The number of benzene rings is 1. The lowest BCUT2D eigenvalue weighted by molar-refractivity contribution is 0.0634. The zero-order valence-electron chi connectivity index (χ0n) is 12.1. The van der Waals surface area contributed by atoms with Gasteiger partial charge in [0.15, 0.2) is 0 Å². The topological polar surface area (TPSA) is 84.1 Å². The van der Waals surface area contributed by atoms with Gasteiger partial charge < -0.3 is 4.74 Å². The summed E-state index contributed by atoms with van der Waals surface area (Å²) in [5, 5.41) is 2.42. The van der Waals surface area contributed by atoms with Crippen molar-refractivity contribution in [1.29, 1.82) is 0 Å². The van der Waals surface area contributed by atoms with Crippen molar-refractivity contribution in [2.75, 3.05) is 5.32 Å². The van der Waals surface area contributed by atoms with E-state index in [9.17, 15) is 9.59 Å². The second-order valence-corrected chi connectivity index (χ2v) is 5.47. The molecule has 21 heavy (non-hydrogen) atoms. The van der Waals surface area contributed by atoms with Crippen LogP contribution in [0.3, 0.4) is 0 Å². The summed E-state index contributed by atoms with van der Waals surface area (Å²) in [6.07, 6.45) is -0.670. The van der Waals surface area contributed by atoms with Crippen molar-refractivity contribution in [3.63, 3.8) is 0 Å². The number of anilines is 1. The number of aromatic nitrogens is 2. The molecular formula is C15H17N3O3. The molecule has 0 fully saturated rings. The third-order valence-corrected chi connectivity index (χ3v) is 2.43. The highest BCUT2D eigenvalue weighted by Crippen LogP contribution is 2.15. The molecule has 0 radical (unpaired) electrons. The number of rotatable bonds is 2. The van der Waals surface area contributed by atoms with Crippen LogP contribution in [-0.2, 0) is 4.74 Å². The first kappa shape index (κ1) is 14.8. The Bertz CT molecular complexity index is 687. The maximum Gasteiger partial charge on any atom is 0.414 e. The van der Waals surface area contributed by atoms with Crippen molar-refractivity contribution >= 4 is 12.0 Å². The Labute approximate surface area is 122 Å². The van der Waals surface area contributed by atoms with E-state index >= 15 is 0 Å². The molecule has 2 rings (SSSR count). The molecule has 0 aliphatic rings. The Morgan fingerprint density at radius 2 is 1.90 bits per heavy atom. The molecule has 6 heteroatoms. The molecule has 2 aromatic rings. The second-order valence-electron chi connectivity index (χ2n) is 5.47. The van der Waals surface area contributed by atoms with Crippen LogP contribution >= 0.6 is 0 Å². The second kappa shape index (κ2) is 5.78. The molecule has 0 saturated carbocycles. The van der Waals surface area contributed by atoms with Gasteiger partial charge in [-0.3, -0.25) is 15.1 Å². The predicted octanol–water partition coefficient (Wildman–Crippen LogP) is 2.78. The molecular weight excluding hydrogens is 270 g/mol. The summed E-state index contributed by atoms with van der Waals surface area (Å²) in [5.74, 6) is 0.0515. The number of H-pyrrole nitrogens is 1. The third kappa shape index (κ3) is 4.45. The van der Waals surface area contributed by atoms with E-state index in [4.69, 9.17) is 4.74 Å². The van der Waals surface area contributed by atoms with Crippen LogP contribution in [0.25, 0.3) is 11.3 Å². The summed E-state index contributed by atoms with van der Waals surface area (Å²) in [5.41, 5.74) is 0.290. The molecule has 0 bridgehead atoms. The van der Waals surface area contributed by atoms with Gasteiger partial charge in [0.1, 0.15) is 5.60 Å². The summed E-state index contributed by atoms with van der Waals surface area (Å²) < 4.78 is 5.12. The van der Waals surface area contributed by atoms with Crippen molar-refractivity contribution in [1.82, 2.24) is 9.97 Å². The first-order valence-corrected chi connectivity index (χ1v) is 6.50. The maximum absolute atomic E-state index is 11.7. The lowest BCUT2D eigenvalue weighted by atomic mass is 10.1. The van der Waals surface area contributed by atoms with E-state index in [-0.39, 0.29) is 11.5 Å². The van der Waals surface area contributed by atoms with Crippen molar-refractivity contribution in [2.45, 2.75) is 26.4 Å². The molecule has 1 amide bonds. The van der Waals surface area contributed by atoms with Crippen molar-refractivity contribution in [3.8, 4) is 11.3 Å². The Morgan fingerprint density at radius 3 is 2.52 bits per heavy atom. The minimum absolute atomic E-state index is 0.0515. The molecule has 0 atom stereocenters. The van der Waals surface area contributed by atoms with E-state index in [0.717, 1.165) is 5.56 Å². The molecule has 0 aliphatic carbocycles. The number of aromatic amines is 1. The fraction of sp³-hybridized carbons (Fsp3) is 0.267. The normalized spacial score (nSPS) is 11.0. The highest BCUT2D eigenvalue weighted by molar-refractivity contribution is 5.82. The van der Waals surface area contributed by atoms with Crippen LogP contribution in [0.2, 0.25) is 0 Å². The monoisotopic (exact) mass is 287 g/mol. The lowest BCUT2D eigenvalue weighted by Crippen LogP contribution is -2.28. The zero-order valence-corrected chi connectivity index (χ0v) is 12.1. The number of ether oxygens (including phenoxy) is 1. The molecule has 6 nitrogen and oxygen atoms in total. The highest BCUT2D eigenvalue weighted by Gasteiger charge is 2.17. The Balaban J connectivity index is 2.24. The minimum Gasteiger partial charge on any atom is -0.444 e. The van der Waals surface area contributed by atoms with Crippen molar-refractivity contribution < 1.29 is 9.53 Å². The Hall–Kier alpha value is -2.63. The summed E-state index contributed by atoms with van der Waals surface area (Å²) in [6, 6.07) is 10.6. The standard InChI is InChI=1S/C15H17N3O3/c1-15(2,3)21-14(20)18-13-16-11(9-12(19)17-13)10-7-5-4-6-8-10/h4-9H,1-3H3,(H2,16,17,18,19,20). The average Bonchev–Trinajstić information content (AvgIpc) is 2.36. The fourth-order valence-electron chi connectivity index (χ4n) is 1.67. The Morgan fingerprint density at radius 1 is 1.24 bits per heavy atom. The molecule has 0 aliphatic heterocycles. The van der Waals surface area contributed by atoms with E-state index in [0.29, 0.717) is 5.69 Å². The van der Waals surface area contributed by atoms with E-state index in [1.54, 1.807) is 20.8 Å². The quantitative estimate of drug-likeness (QED) is 0.889. The van der Waals surface area contributed by atoms with Gasteiger partial charge in [0.2, 0.25) is 5.95 Å². The number of hydrogen-bond acceptors (Lipinski definition) is 4. The molecule has 0 saturated heterocycles. The average molecular weight is 287 g/mol. The summed E-state index contributed by atoms with van der Waals surface area (Å²) in [4.78, 5) is 30.0. The fourth-order valence-corrected chi connectivity index (χ4v) is 1.67. The summed E-state index contributed by atoms with van der Waals surface area (Å²) >= 11 is 0. The first-order valence-electron chi connectivity index (χ1n) is 6.50. The number of nitrogens with zero attached hydrogens (tertiary/aromatic N) is 1. The molecule has 1 aromatic carbocycles. The van der Waals surface area contributed by atoms with Crippen LogP contribution in [0, 0.1) is 0 Å². The van der Waals surface area contributed by atoms with Crippen LogP contribution in [0.5, 0.6) is 0 Å². The van der Waals surface area contributed by atoms with Gasteiger partial charge in [-0.2, -0.15) is 0 Å². The maximum atomic E-state index is 11.7. The van der Waals surface area contributed by atoms with Crippen LogP contribution < -0.4 is 10.9 Å². The van der Waals surface area contributed by atoms with Crippen LogP contribution in [0.15, 0.2) is 41.2 Å². The van der Waals surface area contributed by atoms with Gasteiger partial charge in [0.25, 0.3) is 5.56 Å². The number of nitrogens with one attached hydrogen (secondary N) is 2. The van der Waals surface area contributed by atoms with Gasteiger partial charge in [-0.15, -0.1) is 0 Å². The number of amides is 1. The van der Waals surface area contributed by atoms with Gasteiger partial charge in [0.05, 0.1) is 5.69 Å². The SMILES string of the molecule is CC(C)(C)OC(=O)Nc1nc(-c2ccccc2)cc(=O)[nH]1. The summed E-state index contributed by atoms with van der Waals surface area (Å²) in [6.45, 7) is 5.26. The van der Waals surface area contributed by atoms with Crippen LogP contribution in [-0.4, -0.2) is 21.7 Å². The molecule has 2 N–H and O–H groups in total. The Kier molecular flexibility index (Phi) is 4.07. The van der Waals surface area contributed by atoms with Crippen molar-refractivity contribution in [3.05, 3.63) is 46.8 Å². The molecule has 0 unspecified atom stereocenters. The molecule has 110 valence electrons. The van der Waals surface area contributed by atoms with E-state index in [2.05, 4.69) is 15.3 Å². The highest BCUT2D eigenvalue weighted by atomic mass is 16.6. The molecule has 1 aromatic heterocycles.